The number of halogens is 1. The van der Waals surface area contributed by atoms with Gasteiger partial charge in [0.2, 0.25) is 5.91 Å². The zero-order valence-corrected chi connectivity index (χ0v) is 7.47. The van der Waals surface area contributed by atoms with Gasteiger partial charge in [-0.1, -0.05) is 6.07 Å². The van der Waals surface area contributed by atoms with Crippen molar-refractivity contribution < 1.29 is 4.79 Å². The molecule has 0 bridgehead atoms. The van der Waals surface area contributed by atoms with E-state index in [-0.39, 0.29) is 12.4 Å². The minimum Gasteiger partial charge on any atom is -0.366 e. The molecule has 3 N–H and O–H groups in total. The lowest BCUT2D eigenvalue weighted by Crippen LogP contribution is -2.10. The van der Waals surface area contributed by atoms with Gasteiger partial charge in [0.25, 0.3) is 0 Å². The van der Waals surface area contributed by atoms with E-state index in [1.807, 2.05) is 0 Å². The summed E-state index contributed by atoms with van der Waals surface area (Å²) in [6, 6.07) is 5.17. The molecule has 1 heterocycles. The van der Waals surface area contributed by atoms with Gasteiger partial charge in [0.15, 0.2) is 0 Å². The molecular formula is C8H8ClN3O. The molecule has 1 aromatic heterocycles. The maximum atomic E-state index is 10.8. The van der Waals surface area contributed by atoms with Crippen molar-refractivity contribution in [3.8, 4) is 0 Å². The Morgan fingerprint density at radius 1 is 1.46 bits per heavy atom. The summed E-state index contributed by atoms with van der Waals surface area (Å²) in [5.41, 5.74) is 6.42. The number of amides is 1. The molecule has 0 saturated carbocycles. The van der Waals surface area contributed by atoms with Gasteiger partial charge in [-0.15, -0.1) is 12.4 Å². The average molecular weight is 198 g/mol. The van der Waals surface area contributed by atoms with Gasteiger partial charge in [-0.3, -0.25) is 9.89 Å². The van der Waals surface area contributed by atoms with Crippen molar-refractivity contribution >= 4 is 29.2 Å². The van der Waals surface area contributed by atoms with Crippen LogP contribution in [0.3, 0.4) is 0 Å². The van der Waals surface area contributed by atoms with Gasteiger partial charge >= 0.3 is 0 Å². The van der Waals surface area contributed by atoms with E-state index >= 15 is 0 Å². The molecule has 4 nitrogen and oxygen atoms in total. The Kier molecular flexibility index (Phi) is 2.53. The normalized spacial score (nSPS) is 9.54. The predicted molar refractivity (Wildman–Crippen MR) is 51.9 cm³/mol. The van der Waals surface area contributed by atoms with E-state index in [0.717, 1.165) is 10.9 Å². The summed E-state index contributed by atoms with van der Waals surface area (Å²) in [5, 5.41) is 7.55. The number of nitrogens with one attached hydrogen (secondary N) is 1. The van der Waals surface area contributed by atoms with Crippen LogP contribution < -0.4 is 5.73 Å². The first-order chi connectivity index (χ1) is 5.77. The Balaban J connectivity index is 0.000000845. The first kappa shape index (κ1) is 9.54. The number of rotatable bonds is 1. The van der Waals surface area contributed by atoms with E-state index in [4.69, 9.17) is 5.73 Å². The van der Waals surface area contributed by atoms with Crippen molar-refractivity contribution in [3.05, 3.63) is 30.0 Å². The van der Waals surface area contributed by atoms with Crippen LogP contribution in [0.4, 0.5) is 0 Å². The van der Waals surface area contributed by atoms with Crippen LogP contribution in [0.2, 0.25) is 0 Å². The molecule has 0 spiro atoms. The van der Waals surface area contributed by atoms with E-state index in [1.54, 1.807) is 24.4 Å². The molecule has 0 fully saturated rings. The van der Waals surface area contributed by atoms with Crippen molar-refractivity contribution in [1.29, 1.82) is 0 Å². The maximum absolute atomic E-state index is 10.8. The first-order valence-corrected chi connectivity index (χ1v) is 3.50. The largest absolute Gasteiger partial charge is 0.366 e. The Bertz CT molecular complexity index is 438. The summed E-state index contributed by atoms with van der Waals surface area (Å²) in [4.78, 5) is 10.8. The molecule has 5 heteroatoms. The van der Waals surface area contributed by atoms with Crippen LogP contribution in [-0.2, 0) is 0 Å². The zero-order chi connectivity index (χ0) is 8.55. The number of carbonyl (C=O) groups is 1. The van der Waals surface area contributed by atoms with Gasteiger partial charge in [-0.2, -0.15) is 5.10 Å². The summed E-state index contributed by atoms with van der Waals surface area (Å²) >= 11 is 0. The average Bonchev–Trinajstić information content (AvgIpc) is 2.49. The van der Waals surface area contributed by atoms with E-state index in [0.29, 0.717) is 5.56 Å². The Morgan fingerprint density at radius 2 is 2.23 bits per heavy atom. The molecule has 13 heavy (non-hydrogen) atoms. The van der Waals surface area contributed by atoms with E-state index < -0.39 is 5.91 Å². The lowest BCUT2D eigenvalue weighted by molar-refractivity contribution is 0.100. The fourth-order valence-electron chi connectivity index (χ4n) is 1.09. The minimum atomic E-state index is -0.425. The highest BCUT2D eigenvalue weighted by molar-refractivity contribution is 5.96. The van der Waals surface area contributed by atoms with Crippen LogP contribution in [0.5, 0.6) is 0 Å². The van der Waals surface area contributed by atoms with Crippen LogP contribution in [0.25, 0.3) is 10.9 Å². The molecule has 0 aliphatic carbocycles. The monoisotopic (exact) mass is 197 g/mol. The van der Waals surface area contributed by atoms with Crippen molar-refractivity contribution in [2.75, 3.05) is 0 Å². The molecule has 0 unspecified atom stereocenters. The smallest absolute Gasteiger partial charge is 0.248 e. The summed E-state index contributed by atoms with van der Waals surface area (Å²) in [7, 11) is 0. The standard InChI is InChI=1S/C8H7N3O.ClH/c9-8(12)5-1-2-6-4-10-11-7(6)3-5;/h1-4H,(H2,9,12)(H,10,11);1H. The van der Waals surface area contributed by atoms with Crippen LogP contribution in [0.1, 0.15) is 10.4 Å². The molecule has 0 radical (unpaired) electrons. The fourth-order valence-corrected chi connectivity index (χ4v) is 1.09. The van der Waals surface area contributed by atoms with Gasteiger partial charge in [-0.25, -0.2) is 0 Å². The van der Waals surface area contributed by atoms with Gasteiger partial charge < -0.3 is 5.73 Å². The van der Waals surface area contributed by atoms with Crippen molar-refractivity contribution in [3.63, 3.8) is 0 Å². The van der Waals surface area contributed by atoms with Crippen LogP contribution >= 0.6 is 12.4 Å². The van der Waals surface area contributed by atoms with Gasteiger partial charge in [0.1, 0.15) is 0 Å². The second-order valence-electron chi connectivity index (χ2n) is 2.54. The Morgan fingerprint density at radius 3 is 2.92 bits per heavy atom. The number of aromatic nitrogens is 2. The number of hydrogen-bond acceptors (Lipinski definition) is 2. The van der Waals surface area contributed by atoms with Crippen LogP contribution in [0.15, 0.2) is 24.4 Å². The number of benzene rings is 1. The Labute approximate surface area is 80.5 Å². The van der Waals surface area contributed by atoms with E-state index in [1.165, 1.54) is 0 Å². The molecule has 1 amide bonds. The number of hydrogen-bond donors (Lipinski definition) is 2. The number of nitrogens with zero attached hydrogens (tertiary/aromatic N) is 1. The number of primary amides is 1. The number of carbonyl (C=O) groups excluding carboxylic acids is 1. The van der Waals surface area contributed by atoms with Gasteiger partial charge in [0, 0.05) is 10.9 Å². The SMILES string of the molecule is Cl.NC(=O)c1ccc2cn[nH]c2c1. The topological polar surface area (TPSA) is 71.8 Å². The minimum absolute atomic E-state index is 0. The van der Waals surface area contributed by atoms with Crippen LogP contribution in [0, 0.1) is 0 Å². The summed E-state index contributed by atoms with van der Waals surface area (Å²) in [6.45, 7) is 0. The molecule has 2 aromatic rings. The predicted octanol–water partition coefficient (Wildman–Crippen LogP) is 1.08. The lowest BCUT2D eigenvalue weighted by Gasteiger charge is -1.93. The highest BCUT2D eigenvalue weighted by Crippen LogP contribution is 2.11. The third kappa shape index (κ3) is 1.62. The van der Waals surface area contributed by atoms with Gasteiger partial charge in [0.05, 0.1) is 11.7 Å². The maximum Gasteiger partial charge on any atom is 0.248 e. The summed E-state index contributed by atoms with van der Waals surface area (Å²) < 4.78 is 0. The molecule has 0 aliphatic heterocycles. The number of fused-ring (bicyclic) bond motifs is 1. The number of H-pyrrole nitrogens is 1. The van der Waals surface area contributed by atoms with Crippen LogP contribution in [-0.4, -0.2) is 16.1 Å². The Hall–Kier alpha value is -1.55. The third-order valence-electron chi connectivity index (χ3n) is 1.73. The molecule has 0 atom stereocenters. The van der Waals surface area contributed by atoms with E-state index in [2.05, 4.69) is 10.2 Å². The number of aromatic amines is 1. The summed E-state index contributed by atoms with van der Waals surface area (Å²) in [5.74, 6) is -0.425. The highest BCUT2D eigenvalue weighted by atomic mass is 35.5. The highest BCUT2D eigenvalue weighted by Gasteiger charge is 2.01. The molecular weight excluding hydrogens is 190 g/mol. The molecule has 1 aromatic carbocycles. The molecule has 0 saturated heterocycles. The van der Waals surface area contributed by atoms with Crippen molar-refractivity contribution in [2.45, 2.75) is 0 Å². The zero-order valence-electron chi connectivity index (χ0n) is 6.65. The fraction of sp³-hybridized carbons (Fsp3) is 0. The quantitative estimate of drug-likeness (QED) is 0.718. The number of nitrogens with two attached hydrogens (primary N) is 1. The lowest BCUT2D eigenvalue weighted by atomic mass is 10.1. The molecule has 2 rings (SSSR count). The third-order valence-corrected chi connectivity index (χ3v) is 1.73. The first-order valence-electron chi connectivity index (χ1n) is 3.50. The van der Waals surface area contributed by atoms with Gasteiger partial charge in [-0.05, 0) is 12.1 Å². The summed E-state index contributed by atoms with van der Waals surface area (Å²) in [6.07, 6.45) is 1.69. The van der Waals surface area contributed by atoms with E-state index in [9.17, 15) is 4.79 Å². The molecule has 0 aliphatic rings. The second kappa shape index (κ2) is 3.45. The van der Waals surface area contributed by atoms with Crippen molar-refractivity contribution in [1.82, 2.24) is 10.2 Å². The second-order valence-corrected chi connectivity index (χ2v) is 2.54. The van der Waals surface area contributed by atoms with Crippen molar-refractivity contribution in [2.24, 2.45) is 5.73 Å². The molecule has 68 valence electrons.